The highest BCUT2D eigenvalue weighted by Crippen LogP contribution is 1.90. The molecule has 0 unspecified atom stereocenters. The summed E-state index contributed by atoms with van der Waals surface area (Å²) in [4.78, 5) is 4.09. The van der Waals surface area contributed by atoms with E-state index < -0.39 is 0 Å². The maximum atomic E-state index is 4.09. The monoisotopic (exact) mass is 233 g/mol. The topological polar surface area (TPSA) is 12.9 Å². The second-order valence-corrected chi connectivity index (χ2v) is 2.93. The highest BCUT2D eigenvalue weighted by molar-refractivity contribution is 5.54. The van der Waals surface area contributed by atoms with E-state index in [-0.39, 0.29) is 0 Å². The predicted octanol–water partition coefficient (Wildman–Crippen LogP) is 3.68. The van der Waals surface area contributed by atoms with Crippen LogP contribution in [0.15, 0.2) is 30.6 Å². The van der Waals surface area contributed by atoms with Crippen LogP contribution in [0.5, 0.6) is 0 Å². The second kappa shape index (κ2) is 12.7. The van der Waals surface area contributed by atoms with Crippen LogP contribution in [-0.4, -0.2) is 4.98 Å². The van der Waals surface area contributed by atoms with Gasteiger partial charge in [-0.1, -0.05) is 45.9 Å². The summed E-state index contributed by atoms with van der Waals surface area (Å²) in [7, 11) is 0. The molecule has 0 saturated carbocycles. The molecule has 96 valence electrons. The molecular formula is C16H27N. The zero-order valence-corrected chi connectivity index (χ0v) is 12.4. The van der Waals surface area contributed by atoms with Crippen molar-refractivity contribution in [1.29, 1.82) is 0 Å². The maximum absolute atomic E-state index is 4.09. The Kier molecular flexibility index (Phi) is 13.5. The molecule has 0 amide bonds. The summed E-state index contributed by atoms with van der Waals surface area (Å²) in [6.07, 6.45) is 9.96. The molecule has 0 fully saturated rings. The van der Waals surface area contributed by atoms with Gasteiger partial charge in [-0.25, -0.2) is 0 Å². The molecule has 0 aliphatic rings. The van der Waals surface area contributed by atoms with E-state index in [4.69, 9.17) is 0 Å². The molecule has 0 aliphatic carbocycles. The van der Waals surface area contributed by atoms with E-state index >= 15 is 0 Å². The minimum absolute atomic E-state index is 1.19. The van der Waals surface area contributed by atoms with Crippen molar-refractivity contribution in [2.24, 2.45) is 0 Å². The third-order valence-electron chi connectivity index (χ3n) is 2.00. The zero-order valence-electron chi connectivity index (χ0n) is 12.4. The highest BCUT2D eigenvalue weighted by Gasteiger charge is 1.87. The third kappa shape index (κ3) is 6.72. The summed E-state index contributed by atoms with van der Waals surface area (Å²) in [6.45, 7) is 14.2. The lowest BCUT2D eigenvalue weighted by Gasteiger charge is -1.93. The van der Waals surface area contributed by atoms with Gasteiger partial charge in [0.1, 0.15) is 0 Å². The summed E-state index contributed by atoms with van der Waals surface area (Å²) >= 11 is 0. The minimum Gasteiger partial charge on any atom is -0.264 e. The normalized spacial score (nSPS) is 12.3. The number of nitrogens with zero attached hydrogens (tertiary/aromatic N) is 1. The average molecular weight is 233 g/mol. The van der Waals surface area contributed by atoms with Crippen LogP contribution < -0.4 is 10.4 Å². The Bertz CT molecular complexity index is 413. The first-order valence-corrected chi connectivity index (χ1v) is 6.49. The number of allylic oxidation sites excluding steroid dienone is 2. The highest BCUT2D eigenvalue weighted by atomic mass is 14.6. The summed E-state index contributed by atoms with van der Waals surface area (Å²) in [5, 5.41) is 2.45. The minimum atomic E-state index is 1.19. The Morgan fingerprint density at radius 3 is 2.18 bits per heavy atom. The van der Waals surface area contributed by atoms with Gasteiger partial charge < -0.3 is 0 Å². The van der Waals surface area contributed by atoms with Crippen LogP contribution in [0.2, 0.25) is 0 Å². The van der Waals surface area contributed by atoms with Gasteiger partial charge in [0.05, 0.1) is 0 Å². The van der Waals surface area contributed by atoms with Gasteiger partial charge in [0.2, 0.25) is 0 Å². The molecule has 17 heavy (non-hydrogen) atoms. The van der Waals surface area contributed by atoms with Crippen molar-refractivity contribution in [3.8, 4) is 0 Å². The summed E-state index contributed by atoms with van der Waals surface area (Å²) in [6, 6.07) is 2.05. The van der Waals surface area contributed by atoms with Gasteiger partial charge in [0, 0.05) is 12.4 Å². The molecule has 0 N–H and O–H groups in total. The van der Waals surface area contributed by atoms with Gasteiger partial charge in [-0.15, -0.1) is 0 Å². The van der Waals surface area contributed by atoms with E-state index in [0.717, 1.165) is 0 Å². The first kappa shape index (κ1) is 18.0. The number of hydrogen-bond donors (Lipinski definition) is 0. The SMILES string of the molecule is CC.CC.C\C=C/C(C)=c1/ccnc/c1=C/C. The van der Waals surface area contributed by atoms with E-state index in [0.29, 0.717) is 0 Å². The molecule has 0 aliphatic heterocycles. The van der Waals surface area contributed by atoms with Crippen LogP contribution in [0, 0.1) is 0 Å². The Balaban J connectivity index is 0. The van der Waals surface area contributed by atoms with Crippen LogP contribution in [0.25, 0.3) is 11.6 Å². The molecule has 0 saturated heterocycles. The van der Waals surface area contributed by atoms with Gasteiger partial charge >= 0.3 is 0 Å². The molecule has 1 rings (SSSR count). The lowest BCUT2D eigenvalue weighted by molar-refractivity contribution is 1.26. The van der Waals surface area contributed by atoms with E-state index in [9.17, 15) is 0 Å². The van der Waals surface area contributed by atoms with Gasteiger partial charge in [-0.3, -0.25) is 4.98 Å². The van der Waals surface area contributed by atoms with Crippen LogP contribution >= 0.6 is 0 Å². The summed E-state index contributed by atoms with van der Waals surface area (Å²) in [5.41, 5.74) is 1.28. The van der Waals surface area contributed by atoms with Crippen molar-refractivity contribution in [3.63, 3.8) is 0 Å². The summed E-state index contributed by atoms with van der Waals surface area (Å²) in [5.74, 6) is 0. The van der Waals surface area contributed by atoms with Crippen molar-refractivity contribution in [3.05, 3.63) is 41.0 Å². The predicted molar refractivity (Wildman–Crippen MR) is 80.2 cm³/mol. The molecule has 1 heteroatoms. The smallest absolute Gasteiger partial charge is 0.0343 e. The van der Waals surface area contributed by atoms with E-state index in [1.165, 1.54) is 16.0 Å². The standard InChI is InChI=1S/C12H15N.2C2H6/c1-4-6-10(3)12-7-8-13-9-11(12)5-2;2*1-2/h4-9H,1-3H3;2*1-2H3/b6-4-,11-5-,12-10-;;. The average Bonchev–Trinajstić information content (AvgIpc) is 2.43. The molecule has 0 radical (unpaired) electrons. The Hall–Kier alpha value is -1.37. The lowest BCUT2D eigenvalue weighted by Crippen LogP contribution is -2.25. The second-order valence-electron chi connectivity index (χ2n) is 2.93. The van der Waals surface area contributed by atoms with Crippen molar-refractivity contribution in [1.82, 2.24) is 4.98 Å². The van der Waals surface area contributed by atoms with Gasteiger partial charge in [0.15, 0.2) is 0 Å². The Labute approximate surface area is 107 Å². The molecule has 0 spiro atoms. The molecule has 0 bridgehead atoms. The van der Waals surface area contributed by atoms with Gasteiger partial charge in [-0.2, -0.15) is 0 Å². The number of hydrogen-bond acceptors (Lipinski definition) is 1. The molecule has 1 nitrogen and oxygen atoms in total. The van der Waals surface area contributed by atoms with Crippen molar-refractivity contribution < 1.29 is 0 Å². The Morgan fingerprint density at radius 2 is 1.71 bits per heavy atom. The molecule has 1 aromatic heterocycles. The number of pyridine rings is 1. The van der Waals surface area contributed by atoms with Crippen LogP contribution in [0.3, 0.4) is 0 Å². The summed E-state index contributed by atoms with van der Waals surface area (Å²) < 4.78 is 0. The van der Waals surface area contributed by atoms with Crippen LogP contribution in [-0.2, 0) is 0 Å². The first-order chi connectivity index (χ1) is 8.29. The number of aromatic nitrogens is 1. The number of rotatable bonds is 1. The van der Waals surface area contributed by atoms with Crippen LogP contribution in [0.4, 0.5) is 0 Å². The quantitative estimate of drug-likeness (QED) is 0.721. The van der Waals surface area contributed by atoms with Crippen molar-refractivity contribution in [2.75, 3.05) is 0 Å². The fourth-order valence-corrected chi connectivity index (χ4v) is 1.34. The van der Waals surface area contributed by atoms with Crippen molar-refractivity contribution >= 4 is 11.6 Å². The fraction of sp³-hybridized carbons (Fsp3) is 0.438. The van der Waals surface area contributed by atoms with E-state index in [2.05, 4.69) is 30.1 Å². The van der Waals surface area contributed by atoms with Crippen molar-refractivity contribution in [2.45, 2.75) is 48.5 Å². The van der Waals surface area contributed by atoms with E-state index in [1.54, 1.807) is 0 Å². The molecule has 0 aromatic carbocycles. The molecule has 0 atom stereocenters. The third-order valence-corrected chi connectivity index (χ3v) is 2.00. The van der Waals surface area contributed by atoms with E-state index in [1.807, 2.05) is 60.0 Å². The fourth-order valence-electron chi connectivity index (χ4n) is 1.34. The molecule has 1 heterocycles. The first-order valence-electron chi connectivity index (χ1n) is 6.49. The maximum Gasteiger partial charge on any atom is 0.0343 e. The molecule has 1 aromatic rings. The lowest BCUT2D eigenvalue weighted by atomic mass is 10.1. The van der Waals surface area contributed by atoms with Crippen LogP contribution in [0.1, 0.15) is 48.5 Å². The Morgan fingerprint density at radius 1 is 1.12 bits per heavy atom. The largest absolute Gasteiger partial charge is 0.264 e. The molecular weight excluding hydrogens is 206 g/mol. The van der Waals surface area contributed by atoms with Gasteiger partial charge in [0.25, 0.3) is 0 Å². The zero-order chi connectivity index (χ0) is 13.7. The van der Waals surface area contributed by atoms with Gasteiger partial charge in [-0.05, 0) is 42.8 Å².